The monoisotopic (exact) mass is 418 g/mol. The number of aromatic nitrogens is 1. The van der Waals surface area contributed by atoms with Gasteiger partial charge in [-0.25, -0.2) is 8.78 Å². The number of hydrogen-bond donors (Lipinski definition) is 1. The second-order valence-corrected chi connectivity index (χ2v) is 7.61. The maximum atomic E-state index is 14.4. The van der Waals surface area contributed by atoms with Gasteiger partial charge in [-0.05, 0) is 47.9 Å². The molecule has 4 aromatic rings. The summed E-state index contributed by atoms with van der Waals surface area (Å²) < 4.78 is 33.1. The Morgan fingerprint density at radius 1 is 1.06 bits per heavy atom. The predicted molar refractivity (Wildman–Crippen MR) is 114 cm³/mol. The van der Waals surface area contributed by atoms with Crippen molar-refractivity contribution in [1.82, 2.24) is 9.88 Å². The maximum Gasteiger partial charge on any atom is 0.257 e. The second-order valence-electron chi connectivity index (χ2n) is 7.61. The van der Waals surface area contributed by atoms with Crippen LogP contribution in [0.1, 0.15) is 33.2 Å². The number of carbonyl (C=O) groups is 1. The Balaban J connectivity index is 1.65. The quantitative estimate of drug-likeness (QED) is 0.494. The van der Waals surface area contributed by atoms with E-state index in [9.17, 15) is 13.6 Å². The third kappa shape index (κ3) is 3.24. The van der Waals surface area contributed by atoms with Crippen molar-refractivity contribution in [2.24, 2.45) is 0 Å². The van der Waals surface area contributed by atoms with E-state index in [-0.39, 0.29) is 5.56 Å². The van der Waals surface area contributed by atoms with Crippen LogP contribution in [0.4, 0.5) is 8.78 Å². The van der Waals surface area contributed by atoms with Crippen molar-refractivity contribution in [3.05, 3.63) is 101 Å². The van der Waals surface area contributed by atoms with Crippen molar-refractivity contribution in [3.63, 3.8) is 0 Å². The Morgan fingerprint density at radius 2 is 1.84 bits per heavy atom. The summed E-state index contributed by atoms with van der Waals surface area (Å²) >= 11 is 0. The maximum absolute atomic E-state index is 14.4. The Kier molecular flexibility index (Phi) is 4.70. The number of ether oxygens (including phenoxy) is 1. The molecule has 5 rings (SSSR count). The number of carbonyl (C=O) groups excluding carboxylic acids is 1. The number of aromatic amines is 1. The van der Waals surface area contributed by atoms with Crippen LogP contribution < -0.4 is 4.74 Å². The van der Waals surface area contributed by atoms with E-state index in [1.165, 1.54) is 6.07 Å². The molecule has 1 atom stereocenters. The predicted octanol–water partition coefficient (Wildman–Crippen LogP) is 5.24. The number of methoxy groups -OCH3 is 1. The first kappa shape index (κ1) is 19.3. The first-order valence-electron chi connectivity index (χ1n) is 10.1. The fourth-order valence-electron chi connectivity index (χ4n) is 4.41. The number of nitrogens with one attached hydrogen (secondary N) is 1. The van der Waals surface area contributed by atoms with Crippen LogP contribution in [0.5, 0.6) is 5.75 Å². The molecule has 3 aromatic carbocycles. The summed E-state index contributed by atoms with van der Waals surface area (Å²) in [7, 11) is 1.60. The molecule has 0 radical (unpaired) electrons. The molecule has 6 heteroatoms. The summed E-state index contributed by atoms with van der Waals surface area (Å²) in [6.45, 7) is 0.418. The molecule has 1 aliphatic heterocycles. The molecule has 0 unspecified atom stereocenters. The summed E-state index contributed by atoms with van der Waals surface area (Å²) in [5.74, 6) is -1.33. The smallest absolute Gasteiger partial charge is 0.257 e. The lowest BCUT2D eigenvalue weighted by molar-refractivity contribution is 0.0687. The van der Waals surface area contributed by atoms with E-state index in [2.05, 4.69) is 11.1 Å². The average molecular weight is 418 g/mol. The Morgan fingerprint density at radius 3 is 2.58 bits per heavy atom. The highest BCUT2D eigenvalue weighted by Gasteiger charge is 2.35. The van der Waals surface area contributed by atoms with Crippen LogP contribution in [0.15, 0.2) is 66.7 Å². The van der Waals surface area contributed by atoms with Gasteiger partial charge in [-0.2, -0.15) is 0 Å². The number of amides is 1. The van der Waals surface area contributed by atoms with E-state index in [0.29, 0.717) is 18.7 Å². The largest absolute Gasteiger partial charge is 0.497 e. The van der Waals surface area contributed by atoms with Crippen molar-refractivity contribution in [2.45, 2.75) is 12.5 Å². The number of nitrogens with zero attached hydrogens (tertiary/aromatic N) is 1. The van der Waals surface area contributed by atoms with Crippen molar-refractivity contribution in [1.29, 1.82) is 0 Å². The Bertz CT molecular complexity index is 1280. The molecule has 1 aliphatic rings. The normalized spacial score (nSPS) is 15.7. The van der Waals surface area contributed by atoms with Gasteiger partial charge in [0.2, 0.25) is 0 Å². The van der Waals surface area contributed by atoms with Gasteiger partial charge in [-0.3, -0.25) is 4.79 Å². The third-order valence-corrected chi connectivity index (χ3v) is 5.89. The van der Waals surface area contributed by atoms with Crippen molar-refractivity contribution in [2.75, 3.05) is 13.7 Å². The van der Waals surface area contributed by atoms with Crippen LogP contribution in [0.3, 0.4) is 0 Å². The van der Waals surface area contributed by atoms with Gasteiger partial charge in [0.1, 0.15) is 17.4 Å². The molecule has 1 N–H and O–H groups in total. The number of benzene rings is 3. The molecule has 0 bridgehead atoms. The molecule has 4 nitrogen and oxygen atoms in total. The number of para-hydroxylation sites is 1. The number of H-pyrrole nitrogens is 1. The van der Waals surface area contributed by atoms with Crippen LogP contribution in [-0.4, -0.2) is 29.4 Å². The minimum atomic E-state index is -0.860. The summed E-state index contributed by atoms with van der Waals surface area (Å²) in [4.78, 5) is 18.5. The van der Waals surface area contributed by atoms with Crippen LogP contribution >= 0.6 is 0 Å². The summed E-state index contributed by atoms with van der Waals surface area (Å²) in [6, 6.07) is 18.1. The van der Waals surface area contributed by atoms with Crippen molar-refractivity contribution >= 4 is 16.8 Å². The van der Waals surface area contributed by atoms with Gasteiger partial charge < -0.3 is 14.6 Å². The van der Waals surface area contributed by atoms with Crippen LogP contribution in [0, 0.1) is 11.6 Å². The molecule has 0 fully saturated rings. The number of halogens is 2. The SMILES string of the molecule is COc1ccc([C@@H]2c3[nH]c4ccccc4c3CCN2C(=O)c2ccc(F)cc2F)cc1. The van der Waals surface area contributed by atoms with E-state index >= 15 is 0 Å². The lowest BCUT2D eigenvalue weighted by Crippen LogP contribution is -2.41. The number of fused-ring (bicyclic) bond motifs is 3. The molecular weight excluding hydrogens is 398 g/mol. The lowest BCUT2D eigenvalue weighted by atomic mass is 9.91. The molecule has 156 valence electrons. The highest BCUT2D eigenvalue weighted by atomic mass is 19.1. The van der Waals surface area contributed by atoms with Gasteiger partial charge in [-0.15, -0.1) is 0 Å². The Hall–Kier alpha value is -3.67. The first-order valence-corrected chi connectivity index (χ1v) is 10.1. The Labute approximate surface area is 178 Å². The van der Waals surface area contributed by atoms with Gasteiger partial charge in [0, 0.05) is 29.2 Å². The van der Waals surface area contributed by atoms with E-state index in [4.69, 9.17) is 4.74 Å². The molecule has 0 saturated carbocycles. The standard InChI is InChI=1S/C25H20F2N2O2/c1-31-17-9-6-15(7-10-17)24-23-19(18-4-2-3-5-22(18)28-23)12-13-29(24)25(30)20-11-8-16(26)14-21(20)27/h2-11,14,24,28H,12-13H2,1H3/t24-/m1/s1. The lowest BCUT2D eigenvalue weighted by Gasteiger charge is -2.36. The fraction of sp³-hybridized carbons (Fsp3) is 0.160. The van der Waals surface area contributed by atoms with Crippen molar-refractivity contribution < 1.29 is 18.3 Å². The van der Waals surface area contributed by atoms with Crippen molar-refractivity contribution in [3.8, 4) is 5.75 Å². The van der Waals surface area contributed by atoms with E-state index in [1.54, 1.807) is 12.0 Å². The minimum Gasteiger partial charge on any atom is -0.497 e. The highest BCUT2D eigenvalue weighted by Crippen LogP contribution is 2.39. The zero-order valence-electron chi connectivity index (χ0n) is 16.9. The van der Waals surface area contributed by atoms with E-state index in [1.807, 2.05) is 42.5 Å². The number of hydrogen-bond acceptors (Lipinski definition) is 2. The topological polar surface area (TPSA) is 45.3 Å². The summed E-state index contributed by atoms with van der Waals surface area (Å²) in [5.41, 5.74) is 3.80. The molecule has 0 saturated heterocycles. The molecular formula is C25H20F2N2O2. The molecule has 1 amide bonds. The fourth-order valence-corrected chi connectivity index (χ4v) is 4.41. The van der Waals surface area contributed by atoms with E-state index in [0.717, 1.165) is 39.9 Å². The molecule has 2 heterocycles. The van der Waals surface area contributed by atoms with Crippen LogP contribution in [0.25, 0.3) is 10.9 Å². The van der Waals surface area contributed by atoms with Gasteiger partial charge >= 0.3 is 0 Å². The van der Waals surface area contributed by atoms with Gasteiger partial charge in [-0.1, -0.05) is 30.3 Å². The average Bonchev–Trinajstić information content (AvgIpc) is 3.17. The van der Waals surface area contributed by atoms with Crippen LogP contribution in [-0.2, 0) is 6.42 Å². The molecule has 0 aliphatic carbocycles. The summed E-state index contributed by atoms with van der Waals surface area (Å²) in [6.07, 6.45) is 0.639. The summed E-state index contributed by atoms with van der Waals surface area (Å²) in [5, 5.41) is 1.12. The molecule has 1 aromatic heterocycles. The zero-order chi connectivity index (χ0) is 21.5. The van der Waals surface area contributed by atoms with Gasteiger partial charge in [0.05, 0.1) is 18.7 Å². The number of rotatable bonds is 3. The zero-order valence-corrected chi connectivity index (χ0v) is 16.9. The highest BCUT2D eigenvalue weighted by molar-refractivity contribution is 5.96. The van der Waals surface area contributed by atoms with Gasteiger partial charge in [0.15, 0.2) is 0 Å². The minimum absolute atomic E-state index is 0.139. The van der Waals surface area contributed by atoms with Crippen LogP contribution in [0.2, 0.25) is 0 Å². The molecule has 0 spiro atoms. The second kappa shape index (κ2) is 7.54. The van der Waals surface area contributed by atoms with E-state index < -0.39 is 23.6 Å². The molecule has 31 heavy (non-hydrogen) atoms. The third-order valence-electron chi connectivity index (χ3n) is 5.89. The first-order chi connectivity index (χ1) is 15.1. The van der Waals surface area contributed by atoms with Gasteiger partial charge in [0.25, 0.3) is 5.91 Å².